The van der Waals surface area contributed by atoms with E-state index in [0.717, 1.165) is 24.8 Å². The van der Waals surface area contributed by atoms with Gasteiger partial charge in [-0.3, -0.25) is 4.79 Å². The van der Waals surface area contributed by atoms with E-state index in [1.54, 1.807) is 0 Å². The minimum atomic E-state index is -0.310. The number of hydrogen-bond acceptors (Lipinski definition) is 2. The van der Waals surface area contributed by atoms with Crippen molar-refractivity contribution in [3.63, 3.8) is 0 Å². The smallest absolute Gasteiger partial charge is 0.310 e. The van der Waals surface area contributed by atoms with Gasteiger partial charge in [-0.15, -0.1) is 0 Å². The Balaban J connectivity index is 4.64. The van der Waals surface area contributed by atoms with Gasteiger partial charge in [-0.1, -0.05) is 46.1 Å². The first-order valence-electron chi connectivity index (χ1n) is 6.78. The van der Waals surface area contributed by atoms with Crippen molar-refractivity contribution in [1.82, 2.24) is 0 Å². The summed E-state index contributed by atoms with van der Waals surface area (Å²) in [5.74, 6) is 6.22. The Kier molecular flexibility index (Phi) is 8.20. The molecule has 0 aromatic carbocycles. The topological polar surface area (TPSA) is 26.3 Å². The second kappa shape index (κ2) is 8.80. The number of ether oxygens (including phenoxy) is 1. The quantitative estimate of drug-likeness (QED) is 0.527. The Hall–Kier alpha value is -1.23. The summed E-state index contributed by atoms with van der Waals surface area (Å²) in [6, 6.07) is 0. The van der Waals surface area contributed by atoms with Gasteiger partial charge in [0, 0.05) is 0 Å². The lowest BCUT2D eigenvalue weighted by Crippen LogP contribution is -2.24. The largest absolute Gasteiger partial charge is 0.449 e. The SMILES string of the molecule is C=C(C)C#CC(CC(C)C)OC(=O)C(CC)CC. The maximum Gasteiger partial charge on any atom is 0.310 e. The van der Waals surface area contributed by atoms with Gasteiger partial charge in [-0.05, 0) is 37.7 Å². The first-order chi connectivity index (χ1) is 8.40. The van der Waals surface area contributed by atoms with Crippen molar-refractivity contribution in [2.45, 2.75) is 60.0 Å². The molecule has 2 heteroatoms. The van der Waals surface area contributed by atoms with Crippen molar-refractivity contribution >= 4 is 5.97 Å². The Bertz CT molecular complexity index is 327. The first-order valence-corrected chi connectivity index (χ1v) is 6.78. The number of carbonyl (C=O) groups is 1. The van der Waals surface area contributed by atoms with Crippen LogP contribution in [0.15, 0.2) is 12.2 Å². The molecule has 0 radical (unpaired) electrons. The van der Waals surface area contributed by atoms with Crippen molar-refractivity contribution in [2.24, 2.45) is 11.8 Å². The third-order valence-electron chi connectivity index (χ3n) is 2.71. The Labute approximate surface area is 112 Å². The van der Waals surface area contributed by atoms with Gasteiger partial charge in [0.1, 0.15) is 0 Å². The van der Waals surface area contributed by atoms with Gasteiger partial charge in [0.25, 0.3) is 0 Å². The molecule has 0 fully saturated rings. The first kappa shape index (κ1) is 16.8. The van der Waals surface area contributed by atoms with Crippen molar-refractivity contribution in [2.75, 3.05) is 0 Å². The summed E-state index contributed by atoms with van der Waals surface area (Å²) in [5.41, 5.74) is 0.794. The van der Waals surface area contributed by atoms with Crippen LogP contribution in [0.5, 0.6) is 0 Å². The van der Waals surface area contributed by atoms with E-state index in [9.17, 15) is 4.79 Å². The molecule has 0 aliphatic rings. The molecule has 0 rings (SSSR count). The molecule has 0 aliphatic carbocycles. The maximum absolute atomic E-state index is 11.9. The van der Waals surface area contributed by atoms with Crippen molar-refractivity contribution in [1.29, 1.82) is 0 Å². The van der Waals surface area contributed by atoms with E-state index >= 15 is 0 Å². The van der Waals surface area contributed by atoms with Crippen molar-refractivity contribution in [3.05, 3.63) is 12.2 Å². The van der Waals surface area contributed by atoms with Crippen LogP contribution in [0.4, 0.5) is 0 Å². The molecule has 0 heterocycles. The highest BCUT2D eigenvalue weighted by molar-refractivity contribution is 5.72. The zero-order valence-electron chi connectivity index (χ0n) is 12.4. The van der Waals surface area contributed by atoms with Crippen LogP contribution in [0, 0.1) is 23.7 Å². The average molecular weight is 250 g/mol. The number of rotatable bonds is 6. The fraction of sp³-hybridized carbons (Fsp3) is 0.688. The number of hydrogen-bond donors (Lipinski definition) is 0. The Morgan fingerprint density at radius 2 is 1.83 bits per heavy atom. The molecule has 0 amide bonds. The molecule has 0 aromatic heterocycles. The highest BCUT2D eigenvalue weighted by atomic mass is 16.5. The summed E-state index contributed by atoms with van der Waals surface area (Å²) in [7, 11) is 0. The molecule has 102 valence electrons. The van der Waals surface area contributed by atoms with Gasteiger partial charge in [-0.2, -0.15) is 0 Å². The van der Waals surface area contributed by atoms with Crippen LogP contribution < -0.4 is 0 Å². The van der Waals surface area contributed by atoms with E-state index < -0.39 is 0 Å². The van der Waals surface area contributed by atoms with Gasteiger partial charge < -0.3 is 4.74 Å². The monoisotopic (exact) mass is 250 g/mol. The lowest BCUT2D eigenvalue weighted by atomic mass is 10.0. The zero-order valence-corrected chi connectivity index (χ0v) is 12.4. The van der Waals surface area contributed by atoms with Gasteiger partial charge in [-0.25, -0.2) is 0 Å². The normalized spacial score (nSPS) is 11.9. The molecule has 0 aromatic rings. The molecule has 0 N–H and O–H groups in total. The second-order valence-corrected chi connectivity index (χ2v) is 5.12. The third kappa shape index (κ3) is 7.17. The highest BCUT2D eigenvalue weighted by Gasteiger charge is 2.20. The molecular formula is C16H26O2. The number of esters is 1. The predicted molar refractivity (Wildman–Crippen MR) is 76.0 cm³/mol. The van der Waals surface area contributed by atoms with Gasteiger partial charge >= 0.3 is 5.97 Å². The summed E-state index contributed by atoms with van der Waals surface area (Å²) in [6.07, 6.45) is 2.09. The molecule has 2 nitrogen and oxygen atoms in total. The molecule has 1 atom stereocenters. The lowest BCUT2D eigenvalue weighted by molar-refractivity contribution is -0.152. The minimum absolute atomic E-state index is 0.00806. The summed E-state index contributed by atoms with van der Waals surface area (Å²) >= 11 is 0. The van der Waals surface area contributed by atoms with Crippen molar-refractivity contribution in [3.8, 4) is 11.8 Å². The van der Waals surface area contributed by atoms with E-state index in [2.05, 4.69) is 32.3 Å². The van der Waals surface area contributed by atoms with Crippen LogP contribution in [0.1, 0.15) is 53.9 Å². The molecule has 0 bridgehead atoms. The standard InChI is InChI=1S/C16H26O2/c1-7-14(8-2)16(17)18-15(11-13(5)6)10-9-12(3)4/h13-15H,3,7-8,11H2,1-2,4-6H3. The Morgan fingerprint density at radius 3 is 2.22 bits per heavy atom. The molecule has 0 aliphatic heterocycles. The molecule has 18 heavy (non-hydrogen) atoms. The average Bonchev–Trinajstić information content (AvgIpc) is 2.26. The van der Waals surface area contributed by atoms with Crippen LogP contribution >= 0.6 is 0 Å². The van der Waals surface area contributed by atoms with E-state index in [1.165, 1.54) is 0 Å². The van der Waals surface area contributed by atoms with Crippen LogP contribution in [0.2, 0.25) is 0 Å². The fourth-order valence-electron chi connectivity index (χ4n) is 1.63. The van der Waals surface area contributed by atoms with Gasteiger partial charge in [0.15, 0.2) is 6.10 Å². The van der Waals surface area contributed by atoms with Crippen LogP contribution in [0.3, 0.4) is 0 Å². The van der Waals surface area contributed by atoms with Crippen LogP contribution in [0.25, 0.3) is 0 Å². The fourth-order valence-corrected chi connectivity index (χ4v) is 1.63. The predicted octanol–water partition coefficient (Wildman–Crippen LogP) is 3.96. The van der Waals surface area contributed by atoms with Gasteiger partial charge in [0.2, 0.25) is 0 Å². The van der Waals surface area contributed by atoms with Gasteiger partial charge in [0.05, 0.1) is 5.92 Å². The lowest BCUT2D eigenvalue weighted by Gasteiger charge is -2.18. The van der Waals surface area contributed by atoms with E-state index in [-0.39, 0.29) is 18.0 Å². The molecule has 0 spiro atoms. The van der Waals surface area contributed by atoms with E-state index in [4.69, 9.17) is 4.74 Å². The summed E-state index contributed by atoms with van der Waals surface area (Å²) in [4.78, 5) is 11.9. The summed E-state index contributed by atoms with van der Waals surface area (Å²) < 4.78 is 5.50. The van der Waals surface area contributed by atoms with Crippen molar-refractivity contribution < 1.29 is 9.53 Å². The number of allylic oxidation sites excluding steroid dienone is 1. The highest BCUT2D eigenvalue weighted by Crippen LogP contribution is 2.14. The van der Waals surface area contributed by atoms with Crippen LogP contribution in [-0.4, -0.2) is 12.1 Å². The molecule has 1 unspecified atom stereocenters. The summed E-state index contributed by atoms with van der Waals surface area (Å²) in [6.45, 7) is 13.8. The van der Waals surface area contributed by atoms with E-state index in [0.29, 0.717) is 5.92 Å². The molecule has 0 saturated heterocycles. The molecular weight excluding hydrogens is 224 g/mol. The van der Waals surface area contributed by atoms with E-state index in [1.807, 2.05) is 20.8 Å². The number of carbonyl (C=O) groups excluding carboxylic acids is 1. The zero-order chi connectivity index (χ0) is 14.1. The third-order valence-corrected chi connectivity index (χ3v) is 2.71. The minimum Gasteiger partial charge on any atom is -0.449 e. The molecule has 0 saturated carbocycles. The maximum atomic E-state index is 11.9. The second-order valence-electron chi connectivity index (χ2n) is 5.12. The Morgan fingerprint density at radius 1 is 1.28 bits per heavy atom. The van der Waals surface area contributed by atoms with Crippen LogP contribution in [-0.2, 0) is 9.53 Å². The summed E-state index contributed by atoms with van der Waals surface area (Å²) in [5, 5.41) is 0.